The van der Waals surface area contributed by atoms with Gasteiger partial charge in [-0.05, 0) is 25.6 Å². The summed E-state index contributed by atoms with van der Waals surface area (Å²) in [5.41, 5.74) is 8.83. The molecule has 3 heterocycles. The van der Waals surface area contributed by atoms with Gasteiger partial charge in [0.1, 0.15) is 11.7 Å². The minimum atomic E-state index is -0.480. The van der Waals surface area contributed by atoms with Gasteiger partial charge in [0.05, 0.1) is 11.9 Å². The molecule has 1 aliphatic carbocycles. The van der Waals surface area contributed by atoms with Crippen LogP contribution in [0.4, 0.5) is 8.78 Å². The van der Waals surface area contributed by atoms with Crippen molar-refractivity contribution in [2.75, 3.05) is 13.6 Å². The van der Waals surface area contributed by atoms with Gasteiger partial charge in [-0.2, -0.15) is 5.10 Å². The highest BCUT2D eigenvalue weighted by Gasteiger charge is 2.42. The summed E-state index contributed by atoms with van der Waals surface area (Å²) >= 11 is 0. The molecule has 3 aliphatic rings. The van der Waals surface area contributed by atoms with Crippen molar-refractivity contribution in [3.8, 4) is 0 Å². The molecule has 1 saturated heterocycles. The quantitative estimate of drug-likeness (QED) is 0.866. The number of piperidine rings is 1. The lowest BCUT2D eigenvalue weighted by atomic mass is 9.81. The normalized spacial score (nSPS) is 34.8. The highest BCUT2D eigenvalue weighted by molar-refractivity contribution is 5.23. The standard InChI is InChI=1S/C17H23F2N5/c1-23-8-12(24-7-10-6-21-22-16(10)9-24)5-15(20)17(23)13-4-11(18)2-3-14(13)19/h2-3,6,12-13,15,17H,4-5,7-9,20H2,1H3,(H,21,22)/t12?,13?,15?,17-/m1/s1. The number of hydrogen-bond donors (Lipinski definition) is 2. The Morgan fingerprint density at radius 2 is 2.12 bits per heavy atom. The monoisotopic (exact) mass is 335 g/mol. The summed E-state index contributed by atoms with van der Waals surface area (Å²) < 4.78 is 27.9. The fraction of sp³-hybridized carbons (Fsp3) is 0.588. The summed E-state index contributed by atoms with van der Waals surface area (Å²) in [6.07, 6.45) is 5.24. The molecule has 0 saturated carbocycles. The predicted molar refractivity (Wildman–Crippen MR) is 87.1 cm³/mol. The summed E-state index contributed by atoms with van der Waals surface area (Å²) in [6, 6.07) is -0.0296. The lowest BCUT2D eigenvalue weighted by Crippen LogP contribution is -2.61. The van der Waals surface area contributed by atoms with E-state index in [1.165, 1.54) is 23.4 Å². The number of allylic oxidation sites excluding steroid dienone is 3. The minimum absolute atomic E-state index is 0.107. The smallest absolute Gasteiger partial charge is 0.105 e. The van der Waals surface area contributed by atoms with E-state index in [1.807, 2.05) is 13.2 Å². The van der Waals surface area contributed by atoms with Crippen molar-refractivity contribution in [2.45, 2.75) is 44.1 Å². The number of nitrogens with two attached hydrogens (primary N) is 1. The summed E-state index contributed by atoms with van der Waals surface area (Å²) in [6.45, 7) is 2.53. The van der Waals surface area contributed by atoms with Gasteiger partial charge in [-0.1, -0.05) is 0 Å². The number of hydrogen-bond acceptors (Lipinski definition) is 4. The highest BCUT2D eigenvalue weighted by atomic mass is 19.1. The zero-order chi connectivity index (χ0) is 16.8. The number of likely N-dealkylation sites (N-methyl/N-ethyl adjacent to an activating group) is 1. The number of nitrogens with zero attached hydrogens (tertiary/aromatic N) is 3. The van der Waals surface area contributed by atoms with Crippen LogP contribution in [0.3, 0.4) is 0 Å². The number of aromatic nitrogens is 2. The summed E-state index contributed by atoms with van der Waals surface area (Å²) in [5, 5.41) is 7.11. The number of fused-ring (bicyclic) bond motifs is 1. The van der Waals surface area contributed by atoms with Crippen molar-refractivity contribution in [3.63, 3.8) is 0 Å². The lowest BCUT2D eigenvalue weighted by molar-refractivity contribution is 0.0367. The summed E-state index contributed by atoms with van der Waals surface area (Å²) in [4.78, 5) is 4.50. The molecule has 0 bridgehead atoms. The second-order valence-corrected chi connectivity index (χ2v) is 7.24. The van der Waals surface area contributed by atoms with Crippen LogP contribution >= 0.6 is 0 Å². The van der Waals surface area contributed by atoms with E-state index in [0.717, 1.165) is 26.1 Å². The molecule has 1 aromatic heterocycles. The van der Waals surface area contributed by atoms with Crippen LogP contribution < -0.4 is 5.73 Å². The first-order valence-electron chi connectivity index (χ1n) is 8.45. The van der Waals surface area contributed by atoms with Gasteiger partial charge in [0.2, 0.25) is 0 Å². The number of likely N-dealkylation sites (tertiary alicyclic amines) is 1. The molecule has 0 aromatic carbocycles. The van der Waals surface area contributed by atoms with Crippen molar-refractivity contribution in [1.29, 1.82) is 0 Å². The first kappa shape index (κ1) is 15.9. The molecule has 7 heteroatoms. The average molecular weight is 335 g/mol. The number of rotatable bonds is 2. The zero-order valence-corrected chi connectivity index (χ0v) is 13.8. The van der Waals surface area contributed by atoms with Crippen molar-refractivity contribution in [2.24, 2.45) is 11.7 Å². The van der Waals surface area contributed by atoms with Gasteiger partial charge < -0.3 is 5.73 Å². The zero-order valence-electron chi connectivity index (χ0n) is 13.8. The largest absolute Gasteiger partial charge is 0.326 e. The van der Waals surface area contributed by atoms with Crippen LogP contribution in [0.25, 0.3) is 0 Å². The molecule has 24 heavy (non-hydrogen) atoms. The van der Waals surface area contributed by atoms with Crippen LogP contribution in [0.2, 0.25) is 0 Å². The number of nitrogens with one attached hydrogen (secondary N) is 1. The Balaban J connectivity index is 1.46. The van der Waals surface area contributed by atoms with Crippen molar-refractivity contribution in [3.05, 3.63) is 41.3 Å². The van der Waals surface area contributed by atoms with E-state index in [0.29, 0.717) is 6.04 Å². The van der Waals surface area contributed by atoms with E-state index in [9.17, 15) is 8.78 Å². The van der Waals surface area contributed by atoms with Gasteiger partial charge >= 0.3 is 0 Å². The van der Waals surface area contributed by atoms with Gasteiger partial charge in [-0.3, -0.25) is 14.9 Å². The third-order valence-corrected chi connectivity index (χ3v) is 5.65. The number of halogens is 2. The van der Waals surface area contributed by atoms with Gasteiger partial charge in [0.15, 0.2) is 0 Å². The molecule has 0 radical (unpaired) electrons. The Kier molecular flexibility index (Phi) is 4.02. The molecule has 2 aliphatic heterocycles. The second kappa shape index (κ2) is 6.06. The molecule has 1 fully saturated rings. The van der Waals surface area contributed by atoms with E-state index in [4.69, 9.17) is 5.73 Å². The van der Waals surface area contributed by atoms with E-state index < -0.39 is 5.92 Å². The molecule has 3 N–H and O–H groups in total. The van der Waals surface area contributed by atoms with Gasteiger partial charge in [-0.15, -0.1) is 0 Å². The Labute approximate surface area is 140 Å². The van der Waals surface area contributed by atoms with Crippen LogP contribution in [-0.4, -0.2) is 51.7 Å². The van der Waals surface area contributed by atoms with Gasteiger partial charge in [0, 0.05) is 55.7 Å². The van der Waals surface area contributed by atoms with Gasteiger partial charge in [0.25, 0.3) is 0 Å². The Hall–Kier alpha value is -1.57. The average Bonchev–Trinajstić information content (AvgIpc) is 3.11. The molecule has 0 spiro atoms. The molecule has 4 rings (SSSR count). The number of H-pyrrole nitrogens is 1. The molecular weight excluding hydrogens is 312 g/mol. The first-order valence-corrected chi connectivity index (χ1v) is 8.45. The maximum atomic E-state index is 14.2. The van der Waals surface area contributed by atoms with Crippen LogP contribution in [-0.2, 0) is 13.1 Å². The minimum Gasteiger partial charge on any atom is -0.326 e. The molecule has 1 aromatic rings. The molecule has 3 unspecified atom stereocenters. The van der Waals surface area contributed by atoms with Crippen LogP contribution in [0.1, 0.15) is 24.1 Å². The Morgan fingerprint density at radius 1 is 1.29 bits per heavy atom. The maximum Gasteiger partial charge on any atom is 0.105 e. The van der Waals surface area contributed by atoms with E-state index in [2.05, 4.69) is 20.0 Å². The number of aromatic amines is 1. The highest BCUT2D eigenvalue weighted by Crippen LogP contribution is 2.36. The summed E-state index contributed by atoms with van der Waals surface area (Å²) in [5.74, 6) is -1.01. The molecule has 5 nitrogen and oxygen atoms in total. The Morgan fingerprint density at radius 3 is 2.88 bits per heavy atom. The van der Waals surface area contributed by atoms with Crippen molar-refractivity contribution in [1.82, 2.24) is 20.0 Å². The van der Waals surface area contributed by atoms with E-state index in [-0.39, 0.29) is 30.2 Å². The maximum absolute atomic E-state index is 14.2. The third-order valence-electron chi connectivity index (χ3n) is 5.65. The van der Waals surface area contributed by atoms with Crippen LogP contribution in [0.5, 0.6) is 0 Å². The first-order chi connectivity index (χ1) is 11.5. The Bertz CT molecular complexity index is 650. The van der Waals surface area contributed by atoms with E-state index in [1.54, 1.807) is 0 Å². The SMILES string of the molecule is CN1CC(N2Cc3cn[nH]c3C2)CC(N)[C@H]1C1CC(F)=CC=C1F. The second-order valence-electron chi connectivity index (χ2n) is 7.24. The summed E-state index contributed by atoms with van der Waals surface area (Å²) in [7, 11) is 1.97. The fourth-order valence-electron chi connectivity index (χ4n) is 4.48. The van der Waals surface area contributed by atoms with E-state index >= 15 is 0 Å². The topological polar surface area (TPSA) is 61.2 Å². The molecular formula is C17H23F2N5. The van der Waals surface area contributed by atoms with Crippen molar-refractivity contribution < 1.29 is 8.78 Å². The predicted octanol–water partition coefficient (Wildman–Crippen LogP) is 1.85. The third kappa shape index (κ3) is 2.70. The van der Waals surface area contributed by atoms with Crippen molar-refractivity contribution >= 4 is 0 Å². The fourth-order valence-corrected chi connectivity index (χ4v) is 4.48. The lowest BCUT2D eigenvalue weighted by Gasteiger charge is -2.47. The molecule has 130 valence electrons. The van der Waals surface area contributed by atoms with Crippen LogP contribution in [0.15, 0.2) is 30.0 Å². The van der Waals surface area contributed by atoms with Gasteiger partial charge in [-0.25, -0.2) is 8.78 Å². The van der Waals surface area contributed by atoms with Crippen LogP contribution in [0, 0.1) is 5.92 Å². The molecule has 0 amide bonds. The molecule has 4 atom stereocenters.